The fourth-order valence-electron chi connectivity index (χ4n) is 1.03. The van der Waals surface area contributed by atoms with Crippen LogP contribution in [0.1, 0.15) is 18.1 Å². The van der Waals surface area contributed by atoms with Gasteiger partial charge in [-0.05, 0) is 27.6 Å². The SMILES string of the molecule is C[C](CO)c1cccc(C#N)c1Br. The lowest BCUT2D eigenvalue weighted by atomic mass is 10.0. The fraction of sp³-hybridized carbons (Fsp3) is 0.200. The van der Waals surface area contributed by atoms with Crippen molar-refractivity contribution in [1.29, 1.82) is 5.26 Å². The summed E-state index contributed by atoms with van der Waals surface area (Å²) < 4.78 is 0.754. The highest BCUT2D eigenvalue weighted by molar-refractivity contribution is 9.10. The molecule has 1 aromatic carbocycles. The van der Waals surface area contributed by atoms with Gasteiger partial charge < -0.3 is 5.11 Å². The number of hydrogen-bond acceptors (Lipinski definition) is 2. The van der Waals surface area contributed by atoms with Crippen molar-refractivity contribution in [2.24, 2.45) is 0 Å². The summed E-state index contributed by atoms with van der Waals surface area (Å²) in [5.74, 6) is 0.851. The average Bonchev–Trinajstić information content (AvgIpc) is 2.17. The summed E-state index contributed by atoms with van der Waals surface area (Å²) in [6.07, 6.45) is 0. The van der Waals surface area contributed by atoms with Crippen LogP contribution in [0.3, 0.4) is 0 Å². The van der Waals surface area contributed by atoms with E-state index in [-0.39, 0.29) is 6.61 Å². The van der Waals surface area contributed by atoms with E-state index in [0.29, 0.717) is 5.56 Å². The Hall–Kier alpha value is -0.850. The van der Waals surface area contributed by atoms with E-state index in [4.69, 9.17) is 10.4 Å². The molecule has 0 heterocycles. The Labute approximate surface area is 85.9 Å². The molecule has 0 aliphatic carbocycles. The molecule has 0 saturated carbocycles. The lowest BCUT2D eigenvalue weighted by Gasteiger charge is -2.10. The van der Waals surface area contributed by atoms with Crippen molar-refractivity contribution in [3.05, 3.63) is 39.7 Å². The van der Waals surface area contributed by atoms with Crippen LogP contribution in [-0.4, -0.2) is 11.7 Å². The molecule has 0 saturated heterocycles. The number of aliphatic hydroxyl groups is 1. The molecule has 0 spiro atoms. The first-order valence-electron chi connectivity index (χ1n) is 3.83. The third-order valence-electron chi connectivity index (χ3n) is 1.82. The van der Waals surface area contributed by atoms with Gasteiger partial charge in [0.2, 0.25) is 0 Å². The smallest absolute Gasteiger partial charge is 0.100 e. The normalized spacial score (nSPS) is 10.1. The summed E-state index contributed by atoms with van der Waals surface area (Å²) in [4.78, 5) is 0. The van der Waals surface area contributed by atoms with E-state index < -0.39 is 0 Å². The van der Waals surface area contributed by atoms with Crippen molar-refractivity contribution in [3.8, 4) is 6.07 Å². The van der Waals surface area contributed by atoms with Gasteiger partial charge in [-0.25, -0.2) is 0 Å². The average molecular weight is 239 g/mol. The molecule has 1 N–H and O–H groups in total. The molecule has 0 aromatic heterocycles. The Bertz CT molecular complexity index is 343. The van der Waals surface area contributed by atoms with E-state index in [0.717, 1.165) is 16.0 Å². The van der Waals surface area contributed by atoms with Gasteiger partial charge in [0.25, 0.3) is 0 Å². The van der Waals surface area contributed by atoms with Gasteiger partial charge in [-0.1, -0.05) is 19.1 Å². The van der Waals surface area contributed by atoms with E-state index in [9.17, 15) is 0 Å². The van der Waals surface area contributed by atoms with Gasteiger partial charge in [-0.15, -0.1) is 0 Å². The van der Waals surface area contributed by atoms with E-state index in [1.165, 1.54) is 0 Å². The van der Waals surface area contributed by atoms with Crippen LogP contribution in [0.25, 0.3) is 0 Å². The highest BCUT2D eigenvalue weighted by Crippen LogP contribution is 2.26. The molecule has 13 heavy (non-hydrogen) atoms. The second-order valence-corrected chi connectivity index (χ2v) is 3.51. The maximum Gasteiger partial charge on any atom is 0.100 e. The van der Waals surface area contributed by atoms with E-state index in [1.807, 2.05) is 13.0 Å². The predicted octanol–water partition coefficient (Wildman–Crippen LogP) is 2.26. The lowest BCUT2D eigenvalue weighted by Crippen LogP contribution is -2.01. The molecule has 67 valence electrons. The molecule has 0 bridgehead atoms. The van der Waals surface area contributed by atoms with E-state index in [2.05, 4.69) is 22.0 Å². The number of nitriles is 1. The zero-order valence-corrected chi connectivity index (χ0v) is 8.80. The largest absolute Gasteiger partial charge is 0.395 e. The minimum Gasteiger partial charge on any atom is -0.395 e. The van der Waals surface area contributed by atoms with Gasteiger partial charge >= 0.3 is 0 Å². The third-order valence-corrected chi connectivity index (χ3v) is 2.67. The zero-order valence-electron chi connectivity index (χ0n) is 7.21. The Morgan fingerprint density at radius 1 is 1.62 bits per heavy atom. The Kier molecular flexibility index (Phi) is 3.47. The Morgan fingerprint density at radius 2 is 2.31 bits per heavy atom. The highest BCUT2D eigenvalue weighted by Gasteiger charge is 2.11. The minimum absolute atomic E-state index is 0.00742. The Morgan fingerprint density at radius 3 is 2.85 bits per heavy atom. The standard InChI is InChI=1S/C10H9BrNO/c1-7(6-13)9-4-2-3-8(5-12)10(9)11/h2-4,13H,6H2,1H3. The summed E-state index contributed by atoms with van der Waals surface area (Å²) in [6, 6.07) is 7.48. The number of hydrogen-bond donors (Lipinski definition) is 1. The predicted molar refractivity (Wildman–Crippen MR) is 54.0 cm³/mol. The van der Waals surface area contributed by atoms with Crippen LogP contribution < -0.4 is 0 Å². The van der Waals surface area contributed by atoms with Gasteiger partial charge in [-0.3, -0.25) is 0 Å². The quantitative estimate of drug-likeness (QED) is 0.860. The molecule has 1 radical (unpaired) electrons. The minimum atomic E-state index is 0.00742. The zero-order chi connectivity index (χ0) is 9.84. The molecule has 2 nitrogen and oxygen atoms in total. The van der Waals surface area contributed by atoms with Gasteiger partial charge in [0.05, 0.1) is 12.2 Å². The maximum atomic E-state index is 8.94. The number of aliphatic hydroxyl groups excluding tert-OH is 1. The molecule has 3 heteroatoms. The second-order valence-electron chi connectivity index (χ2n) is 2.72. The molecule has 0 fully saturated rings. The third kappa shape index (κ3) is 2.09. The van der Waals surface area contributed by atoms with Crippen LogP contribution in [-0.2, 0) is 0 Å². The van der Waals surface area contributed by atoms with Crippen molar-refractivity contribution in [1.82, 2.24) is 0 Å². The van der Waals surface area contributed by atoms with Crippen molar-refractivity contribution in [3.63, 3.8) is 0 Å². The Balaban J connectivity index is 3.17. The number of benzene rings is 1. The van der Waals surface area contributed by atoms with E-state index >= 15 is 0 Å². The molecule has 0 aliphatic heterocycles. The summed E-state index contributed by atoms with van der Waals surface area (Å²) >= 11 is 3.33. The second kappa shape index (κ2) is 4.40. The molecule has 0 aliphatic rings. The molecule has 0 amide bonds. The molecule has 0 atom stereocenters. The topological polar surface area (TPSA) is 44.0 Å². The van der Waals surface area contributed by atoms with E-state index in [1.54, 1.807) is 12.1 Å². The molecule has 1 aromatic rings. The van der Waals surface area contributed by atoms with Crippen LogP contribution in [0.5, 0.6) is 0 Å². The van der Waals surface area contributed by atoms with Gasteiger partial charge in [0.1, 0.15) is 6.07 Å². The number of rotatable bonds is 2. The lowest BCUT2D eigenvalue weighted by molar-refractivity contribution is 0.315. The number of nitrogens with zero attached hydrogens (tertiary/aromatic N) is 1. The summed E-state index contributed by atoms with van der Waals surface area (Å²) in [5, 5.41) is 17.7. The number of halogens is 1. The molecule has 1 rings (SSSR count). The molecule has 0 unspecified atom stereocenters. The van der Waals surface area contributed by atoms with Gasteiger partial charge in [0.15, 0.2) is 0 Å². The van der Waals surface area contributed by atoms with Crippen molar-refractivity contribution < 1.29 is 5.11 Å². The van der Waals surface area contributed by atoms with Gasteiger partial charge in [-0.2, -0.15) is 5.26 Å². The summed E-state index contributed by atoms with van der Waals surface area (Å²) in [7, 11) is 0. The fourth-order valence-corrected chi connectivity index (χ4v) is 1.72. The molecular formula is C10H9BrNO. The monoisotopic (exact) mass is 238 g/mol. The van der Waals surface area contributed by atoms with Crippen LogP contribution in [0.4, 0.5) is 0 Å². The van der Waals surface area contributed by atoms with Crippen LogP contribution in [0, 0.1) is 17.2 Å². The van der Waals surface area contributed by atoms with Crippen molar-refractivity contribution in [2.45, 2.75) is 6.92 Å². The molecular weight excluding hydrogens is 230 g/mol. The van der Waals surface area contributed by atoms with Crippen molar-refractivity contribution in [2.75, 3.05) is 6.61 Å². The first-order valence-corrected chi connectivity index (χ1v) is 4.62. The van der Waals surface area contributed by atoms with Crippen LogP contribution in [0.15, 0.2) is 22.7 Å². The van der Waals surface area contributed by atoms with Crippen LogP contribution >= 0.6 is 15.9 Å². The summed E-state index contributed by atoms with van der Waals surface area (Å²) in [6.45, 7) is 1.84. The first-order chi connectivity index (χ1) is 6.20. The maximum absolute atomic E-state index is 8.94. The summed E-state index contributed by atoms with van der Waals surface area (Å²) in [5.41, 5.74) is 1.48. The van der Waals surface area contributed by atoms with Crippen molar-refractivity contribution >= 4 is 15.9 Å². The first kappa shape index (κ1) is 10.2. The van der Waals surface area contributed by atoms with Crippen LogP contribution in [0.2, 0.25) is 0 Å². The highest BCUT2D eigenvalue weighted by atomic mass is 79.9. The van der Waals surface area contributed by atoms with Gasteiger partial charge in [0, 0.05) is 10.4 Å².